The van der Waals surface area contributed by atoms with Crippen LogP contribution in [0.5, 0.6) is 0 Å². The summed E-state index contributed by atoms with van der Waals surface area (Å²) >= 11 is 5.70. The second kappa shape index (κ2) is 6.60. The standard InChI is InChI=1S/C11H20ClNO2S/c1-3-16(15)10-6-4-5-9(7-10)13-11(14)8(2)12/h8-10H,3-7H2,1-2H3,(H,13,14). The Morgan fingerprint density at radius 1 is 1.56 bits per heavy atom. The Morgan fingerprint density at radius 2 is 2.25 bits per heavy atom. The van der Waals surface area contributed by atoms with Crippen molar-refractivity contribution in [3.63, 3.8) is 0 Å². The zero-order valence-electron chi connectivity index (χ0n) is 9.87. The van der Waals surface area contributed by atoms with Crippen LogP contribution in [0.25, 0.3) is 0 Å². The minimum absolute atomic E-state index is 0.116. The number of rotatable bonds is 4. The summed E-state index contributed by atoms with van der Waals surface area (Å²) in [6, 6.07) is 0.156. The molecule has 0 aromatic heterocycles. The summed E-state index contributed by atoms with van der Waals surface area (Å²) in [7, 11) is -0.744. The van der Waals surface area contributed by atoms with Gasteiger partial charge >= 0.3 is 0 Å². The third-order valence-electron chi connectivity index (χ3n) is 2.99. The van der Waals surface area contributed by atoms with Gasteiger partial charge in [-0.2, -0.15) is 0 Å². The van der Waals surface area contributed by atoms with Crippen molar-refractivity contribution in [3.8, 4) is 0 Å². The fourth-order valence-electron chi connectivity index (χ4n) is 2.07. The van der Waals surface area contributed by atoms with Gasteiger partial charge < -0.3 is 5.32 Å². The molecule has 1 aliphatic rings. The maximum Gasteiger partial charge on any atom is 0.237 e. The van der Waals surface area contributed by atoms with Gasteiger partial charge in [-0.1, -0.05) is 13.3 Å². The van der Waals surface area contributed by atoms with Crippen LogP contribution in [-0.4, -0.2) is 32.5 Å². The first kappa shape index (κ1) is 14.0. The highest BCUT2D eigenvalue weighted by Gasteiger charge is 2.27. The highest BCUT2D eigenvalue weighted by atomic mass is 35.5. The molecular weight excluding hydrogens is 246 g/mol. The smallest absolute Gasteiger partial charge is 0.237 e. The Morgan fingerprint density at radius 3 is 2.81 bits per heavy atom. The predicted octanol–water partition coefficient (Wildman–Crippen LogP) is 1.81. The summed E-state index contributed by atoms with van der Waals surface area (Å²) in [5, 5.41) is 2.68. The summed E-state index contributed by atoms with van der Waals surface area (Å²) < 4.78 is 11.7. The first-order chi connectivity index (χ1) is 7.54. The van der Waals surface area contributed by atoms with Gasteiger partial charge in [0.25, 0.3) is 0 Å². The van der Waals surface area contributed by atoms with Crippen LogP contribution in [0.15, 0.2) is 0 Å². The molecule has 3 nitrogen and oxygen atoms in total. The van der Waals surface area contributed by atoms with Crippen molar-refractivity contribution in [3.05, 3.63) is 0 Å². The Labute approximate surface area is 105 Å². The molecule has 5 heteroatoms. The van der Waals surface area contributed by atoms with E-state index in [1.165, 1.54) is 0 Å². The number of amides is 1. The maximum atomic E-state index is 11.7. The lowest BCUT2D eigenvalue weighted by Crippen LogP contribution is -2.43. The van der Waals surface area contributed by atoms with Crippen molar-refractivity contribution >= 4 is 28.3 Å². The van der Waals surface area contributed by atoms with Gasteiger partial charge in [0, 0.05) is 27.8 Å². The van der Waals surface area contributed by atoms with Crippen LogP contribution >= 0.6 is 11.6 Å². The molecule has 16 heavy (non-hydrogen) atoms. The van der Waals surface area contributed by atoms with E-state index in [0.29, 0.717) is 5.75 Å². The maximum absolute atomic E-state index is 11.7. The molecule has 94 valence electrons. The monoisotopic (exact) mass is 265 g/mol. The van der Waals surface area contributed by atoms with Gasteiger partial charge in [0.1, 0.15) is 5.38 Å². The molecule has 1 N–H and O–H groups in total. The molecular formula is C11H20ClNO2S. The zero-order chi connectivity index (χ0) is 12.1. The lowest BCUT2D eigenvalue weighted by atomic mass is 9.95. The number of carbonyl (C=O) groups is 1. The normalized spacial score (nSPS) is 29.4. The molecule has 1 amide bonds. The molecule has 1 saturated carbocycles. The van der Waals surface area contributed by atoms with Crippen molar-refractivity contribution in [1.29, 1.82) is 0 Å². The van der Waals surface area contributed by atoms with Crippen molar-refractivity contribution in [2.75, 3.05) is 5.75 Å². The fourth-order valence-corrected chi connectivity index (χ4v) is 3.48. The average molecular weight is 266 g/mol. The molecule has 4 atom stereocenters. The fraction of sp³-hybridized carbons (Fsp3) is 0.909. The largest absolute Gasteiger partial charge is 0.352 e. The van der Waals surface area contributed by atoms with Crippen molar-refractivity contribution in [1.82, 2.24) is 5.32 Å². The highest BCUT2D eigenvalue weighted by Crippen LogP contribution is 2.23. The van der Waals surface area contributed by atoms with E-state index in [2.05, 4.69) is 5.32 Å². The molecule has 0 bridgehead atoms. The molecule has 0 radical (unpaired) electrons. The number of halogens is 1. The van der Waals surface area contributed by atoms with Crippen LogP contribution in [-0.2, 0) is 15.6 Å². The van der Waals surface area contributed by atoms with Gasteiger partial charge in [0.2, 0.25) is 5.91 Å². The van der Waals surface area contributed by atoms with E-state index in [0.717, 1.165) is 25.7 Å². The summed E-state index contributed by atoms with van der Waals surface area (Å²) in [5.41, 5.74) is 0. The SMILES string of the molecule is CCS(=O)C1CCCC(NC(=O)C(C)Cl)C1. The third-order valence-corrected chi connectivity index (χ3v) is 4.93. The summed E-state index contributed by atoms with van der Waals surface area (Å²) in [6.45, 7) is 3.61. The number of nitrogens with one attached hydrogen (secondary N) is 1. The first-order valence-corrected chi connectivity index (χ1v) is 7.68. The minimum atomic E-state index is -0.744. The van der Waals surface area contributed by atoms with E-state index >= 15 is 0 Å². The first-order valence-electron chi connectivity index (χ1n) is 5.86. The van der Waals surface area contributed by atoms with Crippen LogP contribution in [0.4, 0.5) is 0 Å². The van der Waals surface area contributed by atoms with E-state index in [1.54, 1.807) is 6.92 Å². The van der Waals surface area contributed by atoms with E-state index in [4.69, 9.17) is 11.6 Å². The Balaban J connectivity index is 2.44. The van der Waals surface area contributed by atoms with Gasteiger partial charge in [-0.3, -0.25) is 9.00 Å². The van der Waals surface area contributed by atoms with Crippen molar-refractivity contribution < 1.29 is 9.00 Å². The topological polar surface area (TPSA) is 46.2 Å². The van der Waals surface area contributed by atoms with Gasteiger partial charge in [0.15, 0.2) is 0 Å². The van der Waals surface area contributed by atoms with E-state index < -0.39 is 16.2 Å². The zero-order valence-corrected chi connectivity index (χ0v) is 11.4. The van der Waals surface area contributed by atoms with Crippen LogP contribution in [0.3, 0.4) is 0 Å². The van der Waals surface area contributed by atoms with Gasteiger partial charge in [-0.25, -0.2) is 0 Å². The lowest BCUT2D eigenvalue weighted by molar-refractivity contribution is -0.121. The van der Waals surface area contributed by atoms with Crippen LogP contribution < -0.4 is 5.32 Å². The second-order valence-corrected chi connectivity index (χ2v) is 6.94. The summed E-state index contributed by atoms with van der Waals surface area (Å²) in [4.78, 5) is 11.4. The summed E-state index contributed by atoms with van der Waals surface area (Å²) in [6.07, 6.45) is 3.86. The van der Waals surface area contributed by atoms with E-state index in [-0.39, 0.29) is 17.2 Å². The molecule has 4 unspecified atom stereocenters. The molecule has 0 aliphatic heterocycles. The highest BCUT2D eigenvalue weighted by molar-refractivity contribution is 7.85. The molecule has 0 spiro atoms. The average Bonchev–Trinajstić information content (AvgIpc) is 2.28. The van der Waals surface area contributed by atoms with Crippen molar-refractivity contribution in [2.24, 2.45) is 0 Å². The summed E-state index contributed by atoms with van der Waals surface area (Å²) in [5.74, 6) is 0.589. The minimum Gasteiger partial charge on any atom is -0.352 e. The Bertz CT molecular complexity index is 271. The quantitative estimate of drug-likeness (QED) is 0.788. The second-order valence-electron chi connectivity index (χ2n) is 4.28. The van der Waals surface area contributed by atoms with Crippen LogP contribution in [0, 0.1) is 0 Å². The van der Waals surface area contributed by atoms with Crippen LogP contribution in [0.2, 0.25) is 0 Å². The molecule has 1 rings (SSSR count). The van der Waals surface area contributed by atoms with Crippen molar-refractivity contribution in [2.45, 2.75) is 56.2 Å². The van der Waals surface area contributed by atoms with E-state index in [1.807, 2.05) is 6.92 Å². The third kappa shape index (κ3) is 4.06. The molecule has 0 aromatic rings. The number of carbonyl (C=O) groups excluding carboxylic acids is 1. The van der Waals surface area contributed by atoms with Crippen LogP contribution in [0.1, 0.15) is 39.5 Å². The molecule has 0 heterocycles. The predicted molar refractivity (Wildman–Crippen MR) is 68.2 cm³/mol. The Hall–Kier alpha value is -0.0900. The van der Waals surface area contributed by atoms with Gasteiger partial charge in [0.05, 0.1) is 0 Å². The number of alkyl halides is 1. The molecule has 1 fully saturated rings. The lowest BCUT2D eigenvalue weighted by Gasteiger charge is -2.29. The number of hydrogen-bond acceptors (Lipinski definition) is 2. The van der Waals surface area contributed by atoms with E-state index in [9.17, 15) is 9.00 Å². The Kier molecular flexibility index (Phi) is 5.76. The van der Waals surface area contributed by atoms with Gasteiger partial charge in [-0.15, -0.1) is 11.6 Å². The molecule has 0 saturated heterocycles. The number of hydrogen-bond donors (Lipinski definition) is 1. The molecule has 1 aliphatic carbocycles. The van der Waals surface area contributed by atoms with Gasteiger partial charge in [-0.05, 0) is 26.2 Å². The molecule has 0 aromatic carbocycles.